The fourth-order valence-electron chi connectivity index (χ4n) is 3.41. The normalized spacial score (nSPS) is 10.8. The molecule has 162 valence electrons. The molecule has 1 N–H and O–H groups in total. The number of carbonyl (C=O) groups excluding carboxylic acids is 1. The number of hydrogen-bond acceptors (Lipinski definition) is 4. The molecule has 6 nitrogen and oxygen atoms in total. The van der Waals surface area contributed by atoms with E-state index in [4.69, 9.17) is 16.3 Å². The Balaban J connectivity index is 1.75. The van der Waals surface area contributed by atoms with Crippen molar-refractivity contribution in [3.8, 4) is 22.8 Å². The molecule has 0 atom stereocenters. The van der Waals surface area contributed by atoms with Crippen molar-refractivity contribution in [2.45, 2.75) is 20.8 Å². The van der Waals surface area contributed by atoms with Crippen molar-refractivity contribution in [3.05, 3.63) is 88.7 Å². The number of aryl methyl sites for hydroxylation is 2. The third-order valence-corrected chi connectivity index (χ3v) is 5.28. The Bertz CT molecular complexity index is 1230. The molecule has 0 aliphatic heterocycles. The summed E-state index contributed by atoms with van der Waals surface area (Å²) < 4.78 is 7.18. The first-order chi connectivity index (χ1) is 15.5. The van der Waals surface area contributed by atoms with E-state index in [-0.39, 0.29) is 11.7 Å². The number of nitrogens with zero attached hydrogens (tertiary/aromatic N) is 3. The lowest BCUT2D eigenvalue weighted by atomic mass is 10.1. The van der Waals surface area contributed by atoms with Crippen molar-refractivity contribution >= 4 is 23.2 Å². The summed E-state index contributed by atoms with van der Waals surface area (Å²) in [5.74, 6) is 1.00. The Morgan fingerprint density at radius 2 is 1.66 bits per heavy atom. The average molecular weight is 447 g/mol. The topological polar surface area (TPSA) is 69.0 Å². The molecular weight excluding hydrogens is 424 g/mol. The number of aromatic nitrogens is 3. The minimum absolute atomic E-state index is 0.0755. The minimum atomic E-state index is -0.373. The van der Waals surface area contributed by atoms with Gasteiger partial charge in [0.05, 0.1) is 12.3 Å². The molecule has 1 amide bonds. The van der Waals surface area contributed by atoms with Gasteiger partial charge in [0.2, 0.25) is 5.82 Å². The van der Waals surface area contributed by atoms with Crippen molar-refractivity contribution in [2.24, 2.45) is 0 Å². The van der Waals surface area contributed by atoms with Crippen LogP contribution in [0, 0.1) is 13.8 Å². The second kappa shape index (κ2) is 9.24. The second-order valence-electron chi connectivity index (χ2n) is 7.33. The molecule has 0 bridgehead atoms. The van der Waals surface area contributed by atoms with Crippen molar-refractivity contribution in [1.29, 1.82) is 0 Å². The van der Waals surface area contributed by atoms with Gasteiger partial charge in [-0.15, -0.1) is 5.10 Å². The number of para-hydroxylation sites is 1. The van der Waals surface area contributed by atoms with Crippen molar-refractivity contribution in [3.63, 3.8) is 0 Å². The summed E-state index contributed by atoms with van der Waals surface area (Å²) in [6, 6.07) is 20.6. The van der Waals surface area contributed by atoms with Crippen LogP contribution in [0.4, 0.5) is 5.69 Å². The van der Waals surface area contributed by atoms with E-state index in [2.05, 4.69) is 15.4 Å². The van der Waals surface area contributed by atoms with Crippen molar-refractivity contribution in [2.75, 3.05) is 11.9 Å². The second-order valence-corrected chi connectivity index (χ2v) is 7.76. The van der Waals surface area contributed by atoms with Crippen LogP contribution >= 0.6 is 11.6 Å². The number of halogens is 1. The smallest absolute Gasteiger partial charge is 0.295 e. The quantitative estimate of drug-likeness (QED) is 0.403. The molecule has 0 unspecified atom stereocenters. The van der Waals surface area contributed by atoms with Gasteiger partial charge in [0.15, 0.2) is 5.82 Å². The zero-order valence-electron chi connectivity index (χ0n) is 18.1. The summed E-state index contributed by atoms with van der Waals surface area (Å²) >= 11 is 6.06. The minimum Gasteiger partial charge on any atom is -0.494 e. The van der Waals surface area contributed by atoms with Crippen LogP contribution in [0.1, 0.15) is 28.7 Å². The van der Waals surface area contributed by atoms with E-state index < -0.39 is 0 Å². The molecule has 32 heavy (non-hydrogen) atoms. The fourth-order valence-corrected chi connectivity index (χ4v) is 3.53. The number of nitrogens with one attached hydrogen (secondary N) is 1. The lowest BCUT2D eigenvalue weighted by Gasteiger charge is -2.09. The molecule has 0 aliphatic carbocycles. The highest BCUT2D eigenvalue weighted by Crippen LogP contribution is 2.25. The van der Waals surface area contributed by atoms with Crippen molar-refractivity contribution in [1.82, 2.24) is 14.8 Å². The maximum absolute atomic E-state index is 13.0. The number of ether oxygens (including phenoxy) is 1. The van der Waals surface area contributed by atoms with E-state index in [9.17, 15) is 4.79 Å². The number of amides is 1. The molecular formula is C25H23ClN4O2. The first-order valence-corrected chi connectivity index (χ1v) is 10.7. The van der Waals surface area contributed by atoms with E-state index in [1.54, 1.807) is 16.8 Å². The van der Waals surface area contributed by atoms with Crippen LogP contribution in [-0.2, 0) is 0 Å². The van der Waals surface area contributed by atoms with Crippen LogP contribution in [0.5, 0.6) is 5.75 Å². The lowest BCUT2D eigenvalue weighted by molar-refractivity contribution is 0.101. The van der Waals surface area contributed by atoms with Crippen LogP contribution in [0.25, 0.3) is 17.1 Å². The van der Waals surface area contributed by atoms with E-state index in [0.29, 0.717) is 17.5 Å². The van der Waals surface area contributed by atoms with E-state index >= 15 is 0 Å². The first kappa shape index (κ1) is 21.6. The molecule has 0 fully saturated rings. The molecule has 7 heteroatoms. The Hall–Kier alpha value is -3.64. The molecule has 0 saturated heterocycles. The molecule has 0 aliphatic rings. The molecule has 4 aromatic rings. The number of rotatable bonds is 6. The monoisotopic (exact) mass is 446 g/mol. The predicted molar refractivity (Wildman–Crippen MR) is 127 cm³/mol. The number of hydrogen-bond donors (Lipinski definition) is 1. The summed E-state index contributed by atoms with van der Waals surface area (Å²) in [6.07, 6.45) is 0. The van der Waals surface area contributed by atoms with E-state index in [1.165, 1.54) is 0 Å². The van der Waals surface area contributed by atoms with Gasteiger partial charge in [-0.1, -0.05) is 29.8 Å². The van der Waals surface area contributed by atoms with Gasteiger partial charge in [0, 0.05) is 16.3 Å². The van der Waals surface area contributed by atoms with Crippen LogP contribution in [0.3, 0.4) is 0 Å². The molecule has 0 spiro atoms. The van der Waals surface area contributed by atoms with Gasteiger partial charge in [0.25, 0.3) is 5.91 Å². The maximum Gasteiger partial charge on any atom is 0.295 e. The van der Waals surface area contributed by atoms with Gasteiger partial charge in [-0.25, -0.2) is 9.67 Å². The summed E-state index contributed by atoms with van der Waals surface area (Å²) in [5.41, 5.74) is 4.27. The van der Waals surface area contributed by atoms with Gasteiger partial charge in [-0.05, 0) is 80.4 Å². The lowest BCUT2D eigenvalue weighted by Crippen LogP contribution is -2.16. The summed E-state index contributed by atoms with van der Waals surface area (Å²) in [7, 11) is 0. The van der Waals surface area contributed by atoms with E-state index in [1.807, 2.05) is 75.4 Å². The molecule has 0 radical (unpaired) electrons. The van der Waals surface area contributed by atoms with Crippen LogP contribution in [0.15, 0.2) is 66.7 Å². The number of anilines is 1. The molecule has 3 aromatic carbocycles. The summed E-state index contributed by atoms with van der Waals surface area (Å²) in [4.78, 5) is 17.6. The number of benzene rings is 3. The highest BCUT2D eigenvalue weighted by Gasteiger charge is 2.20. The molecule has 4 rings (SSSR count). The first-order valence-electron chi connectivity index (χ1n) is 10.3. The largest absolute Gasteiger partial charge is 0.494 e. The van der Waals surface area contributed by atoms with Crippen LogP contribution < -0.4 is 10.1 Å². The summed E-state index contributed by atoms with van der Waals surface area (Å²) in [5, 5.41) is 8.10. The highest BCUT2D eigenvalue weighted by molar-refractivity contribution is 6.30. The third-order valence-electron chi connectivity index (χ3n) is 5.02. The zero-order chi connectivity index (χ0) is 22.7. The molecule has 1 heterocycles. The maximum atomic E-state index is 13.0. The van der Waals surface area contributed by atoms with Gasteiger partial charge in [-0.3, -0.25) is 4.79 Å². The third kappa shape index (κ3) is 4.50. The Morgan fingerprint density at radius 1 is 1.00 bits per heavy atom. The van der Waals surface area contributed by atoms with Gasteiger partial charge >= 0.3 is 0 Å². The zero-order valence-corrected chi connectivity index (χ0v) is 18.8. The van der Waals surface area contributed by atoms with Crippen molar-refractivity contribution < 1.29 is 9.53 Å². The standard InChI is InChI=1S/C25H23ClN4O2/c1-4-32-21-14-12-20(13-15-21)30-24(18-8-10-19(26)11-9-18)28-23(29-30)25(31)27-22-16(2)6-5-7-17(22)3/h5-15H,4H2,1-3H3,(H,27,31). The predicted octanol–water partition coefficient (Wildman–Crippen LogP) is 5.86. The Kier molecular flexibility index (Phi) is 6.23. The highest BCUT2D eigenvalue weighted by atomic mass is 35.5. The van der Waals surface area contributed by atoms with Gasteiger partial charge in [0.1, 0.15) is 5.75 Å². The summed E-state index contributed by atoms with van der Waals surface area (Å²) in [6.45, 7) is 6.42. The van der Waals surface area contributed by atoms with Gasteiger partial charge < -0.3 is 10.1 Å². The van der Waals surface area contributed by atoms with Gasteiger partial charge in [-0.2, -0.15) is 0 Å². The van der Waals surface area contributed by atoms with Crippen LogP contribution in [0.2, 0.25) is 5.02 Å². The Labute approximate surface area is 191 Å². The number of carbonyl (C=O) groups is 1. The fraction of sp³-hybridized carbons (Fsp3) is 0.160. The Morgan fingerprint density at radius 3 is 2.28 bits per heavy atom. The molecule has 0 saturated carbocycles. The average Bonchev–Trinajstić information content (AvgIpc) is 3.23. The van der Waals surface area contributed by atoms with E-state index in [0.717, 1.165) is 33.8 Å². The SMILES string of the molecule is CCOc1ccc(-n2nc(C(=O)Nc3c(C)cccc3C)nc2-c2ccc(Cl)cc2)cc1. The van der Waals surface area contributed by atoms with Crippen LogP contribution in [-0.4, -0.2) is 27.3 Å². The molecule has 1 aromatic heterocycles.